The molecular weight excluding hydrogens is 829 g/mol. The topological polar surface area (TPSA) is 68.3 Å². The summed E-state index contributed by atoms with van der Waals surface area (Å²) in [6.45, 7) is 0. The van der Waals surface area contributed by atoms with Crippen molar-refractivity contribution < 1.29 is 18.3 Å². The van der Waals surface area contributed by atoms with E-state index < -0.39 is 0 Å². The van der Waals surface area contributed by atoms with Crippen molar-refractivity contribution >= 4 is 146 Å². The zero-order chi connectivity index (χ0) is 32.8. The van der Waals surface area contributed by atoms with Gasteiger partial charge in [-0.15, -0.1) is 90.7 Å². The number of hydrogen-bond acceptors (Lipinski definition) is 12. The molecule has 0 unspecified atom stereocenters. The van der Waals surface area contributed by atoms with E-state index in [2.05, 4.69) is 59.3 Å². The average molecular weight is 843 g/mol. The molecule has 0 aliphatic heterocycles. The fourth-order valence-electron chi connectivity index (χ4n) is 5.04. The highest BCUT2D eigenvalue weighted by Gasteiger charge is 2.29. The molecule has 0 aliphatic carbocycles. The molecule has 0 aromatic carbocycles. The van der Waals surface area contributed by atoms with E-state index in [1.807, 2.05) is 24.3 Å². The smallest absolute Gasteiger partial charge is 0.195 e. The Labute approximate surface area is 312 Å². The lowest BCUT2D eigenvalue weighted by Gasteiger charge is -1.95. The third-order valence-electron chi connectivity index (χ3n) is 7.17. The Morgan fingerprint density at radius 3 is 0.917 bits per heavy atom. The summed E-state index contributed by atoms with van der Waals surface area (Å²) < 4.78 is 50.6. The Balaban J connectivity index is 1.17. The lowest BCUT2D eigenvalue weighted by molar-refractivity contribution is 0.601. The van der Waals surface area contributed by atoms with Crippen molar-refractivity contribution in [1.29, 1.82) is 0 Å². The molecule has 0 bridgehead atoms. The summed E-state index contributed by atoms with van der Waals surface area (Å²) >= 11 is 12.8. The van der Waals surface area contributed by atoms with E-state index in [0.717, 1.165) is 39.0 Å². The Bertz CT molecular complexity index is 2280. The van der Waals surface area contributed by atoms with Gasteiger partial charge in [0.15, 0.2) is 33.8 Å². The van der Waals surface area contributed by atoms with Gasteiger partial charge >= 0.3 is 0 Å². The third kappa shape index (κ3) is 6.05. The standard InChI is InChI=1S/C32H14O4P4S8/c33-37-25-27(39-35)31(47-29(25)23-11-9-21(45-23)19-7-5-17(43-19)15-3-1-13-41-15)32-28(40-36)26(38-34)30(48-32)24-12-10-22(46-24)20-8-6-18(44-20)16-4-2-14-42-16/h1-14H. The van der Waals surface area contributed by atoms with E-state index in [1.54, 1.807) is 68.0 Å². The summed E-state index contributed by atoms with van der Waals surface area (Å²) in [5, 5.41) is 5.84. The highest BCUT2D eigenvalue weighted by atomic mass is 32.1. The monoisotopic (exact) mass is 842 g/mol. The van der Waals surface area contributed by atoms with Gasteiger partial charge in [-0.1, -0.05) is 12.1 Å². The molecule has 0 N–H and O–H groups in total. The lowest BCUT2D eigenvalue weighted by atomic mass is 10.3. The summed E-state index contributed by atoms with van der Waals surface area (Å²) in [5.74, 6) is 0. The molecule has 0 atom stereocenters. The van der Waals surface area contributed by atoms with Crippen LogP contribution in [0.2, 0.25) is 0 Å². The minimum atomic E-state index is -0.289. The molecule has 0 amide bonds. The second-order valence-corrected chi connectivity index (χ2v) is 20.7. The van der Waals surface area contributed by atoms with Crippen molar-refractivity contribution in [2.75, 3.05) is 0 Å². The number of thiophene rings is 8. The second kappa shape index (κ2) is 14.3. The molecule has 8 aromatic heterocycles. The fraction of sp³-hybridized carbons (Fsp3) is 0. The quantitative estimate of drug-likeness (QED) is 0.122. The lowest BCUT2D eigenvalue weighted by Crippen LogP contribution is -2.14. The van der Waals surface area contributed by atoms with Crippen molar-refractivity contribution in [3.63, 3.8) is 0 Å². The molecule has 8 aromatic rings. The van der Waals surface area contributed by atoms with Crippen molar-refractivity contribution in [2.24, 2.45) is 0 Å². The molecular formula is C32H14O4P4S8. The maximum absolute atomic E-state index is 12.7. The minimum Gasteiger partial charge on any atom is -0.269 e. The van der Waals surface area contributed by atoms with Crippen LogP contribution in [0.3, 0.4) is 0 Å². The van der Waals surface area contributed by atoms with Gasteiger partial charge in [0, 0.05) is 48.8 Å². The molecule has 0 spiro atoms. The molecule has 8 heterocycles. The Morgan fingerprint density at radius 1 is 0.312 bits per heavy atom. The number of hydrogen-bond donors (Lipinski definition) is 0. The van der Waals surface area contributed by atoms with Gasteiger partial charge in [-0.2, -0.15) is 0 Å². The van der Waals surface area contributed by atoms with E-state index in [9.17, 15) is 18.3 Å². The normalized spacial score (nSPS) is 11.9. The SMILES string of the molecule is O=Pc1c(-c2ccc(-c3ccc(-c4cccs4)s3)s2)sc(-c2sc(-c3ccc(-c4ccc(-c5cccs5)s4)s3)c(P=O)c2P=O)c1P=O. The third-order valence-corrected chi connectivity index (χ3v) is 20.4. The van der Waals surface area contributed by atoms with Crippen LogP contribution in [0.4, 0.5) is 0 Å². The predicted molar refractivity (Wildman–Crippen MR) is 216 cm³/mol. The molecule has 234 valence electrons. The Kier molecular flexibility index (Phi) is 9.89. The molecule has 8 rings (SSSR count). The molecule has 0 aliphatic rings. The largest absolute Gasteiger partial charge is 0.269 e. The van der Waals surface area contributed by atoms with E-state index in [4.69, 9.17) is 0 Å². The minimum absolute atomic E-state index is 0.252. The maximum atomic E-state index is 12.7. The van der Waals surface area contributed by atoms with Gasteiger partial charge in [-0.25, -0.2) is 0 Å². The second-order valence-electron chi connectivity index (χ2n) is 9.89. The van der Waals surface area contributed by atoms with Crippen molar-refractivity contribution in [2.45, 2.75) is 0 Å². The first-order chi connectivity index (χ1) is 23.6. The van der Waals surface area contributed by atoms with E-state index in [-0.39, 0.29) is 33.8 Å². The molecule has 0 saturated heterocycles. The maximum Gasteiger partial charge on any atom is 0.195 e. The zero-order valence-corrected chi connectivity index (χ0v) is 33.9. The van der Waals surface area contributed by atoms with Crippen LogP contribution in [0.1, 0.15) is 0 Å². The van der Waals surface area contributed by atoms with Crippen LogP contribution in [0.15, 0.2) is 83.6 Å². The fourth-order valence-corrected chi connectivity index (χ4v) is 17.2. The van der Waals surface area contributed by atoms with Gasteiger partial charge in [0.25, 0.3) is 0 Å². The highest BCUT2D eigenvalue weighted by Crippen LogP contribution is 2.47. The van der Waals surface area contributed by atoms with Gasteiger partial charge in [-0.3, -0.25) is 18.3 Å². The predicted octanol–water partition coefficient (Wildman–Crippen LogP) is 13.5. The zero-order valence-electron chi connectivity index (χ0n) is 23.8. The van der Waals surface area contributed by atoms with Crippen molar-refractivity contribution in [1.82, 2.24) is 0 Å². The van der Waals surface area contributed by atoms with E-state index in [0.29, 0.717) is 31.0 Å². The van der Waals surface area contributed by atoms with Crippen LogP contribution in [0, 0.1) is 0 Å². The first-order valence-corrected chi connectivity index (χ1v) is 23.7. The van der Waals surface area contributed by atoms with Crippen LogP contribution in [0.5, 0.6) is 0 Å². The molecule has 16 heteroatoms. The first-order valence-electron chi connectivity index (χ1n) is 13.8. The van der Waals surface area contributed by atoms with Gasteiger partial charge in [-0.05, 0) is 71.4 Å². The molecule has 0 saturated carbocycles. The van der Waals surface area contributed by atoms with Crippen LogP contribution in [-0.2, 0) is 18.3 Å². The summed E-state index contributed by atoms with van der Waals surface area (Å²) in [4.78, 5) is 13.9. The summed E-state index contributed by atoms with van der Waals surface area (Å²) in [6, 6.07) is 25.0. The van der Waals surface area contributed by atoms with E-state index >= 15 is 0 Å². The summed E-state index contributed by atoms with van der Waals surface area (Å²) in [7, 11) is -1.08. The van der Waals surface area contributed by atoms with Gasteiger partial charge in [0.05, 0.1) is 40.7 Å². The molecule has 0 fully saturated rings. The first kappa shape index (κ1) is 33.2. The molecule has 4 nitrogen and oxygen atoms in total. The van der Waals surface area contributed by atoms with Crippen LogP contribution < -0.4 is 21.2 Å². The van der Waals surface area contributed by atoms with Gasteiger partial charge in [0.2, 0.25) is 0 Å². The molecule has 48 heavy (non-hydrogen) atoms. The van der Waals surface area contributed by atoms with Crippen molar-refractivity contribution in [3.05, 3.63) is 83.6 Å². The summed E-state index contributed by atoms with van der Waals surface area (Å²) in [5.41, 5.74) is 0. The van der Waals surface area contributed by atoms with Crippen LogP contribution in [0.25, 0.3) is 68.3 Å². The Hall–Kier alpha value is -2.00. The Morgan fingerprint density at radius 2 is 0.604 bits per heavy atom. The van der Waals surface area contributed by atoms with Crippen LogP contribution in [-0.4, -0.2) is 0 Å². The highest BCUT2D eigenvalue weighted by molar-refractivity contribution is 7.50. The van der Waals surface area contributed by atoms with Gasteiger partial charge in [0.1, 0.15) is 0 Å². The summed E-state index contributed by atoms with van der Waals surface area (Å²) in [6.07, 6.45) is 0. The van der Waals surface area contributed by atoms with Gasteiger partial charge < -0.3 is 0 Å². The average Bonchev–Trinajstić information content (AvgIpc) is 3.94. The number of rotatable bonds is 11. The van der Waals surface area contributed by atoms with E-state index in [1.165, 1.54) is 42.2 Å². The van der Waals surface area contributed by atoms with Crippen molar-refractivity contribution in [3.8, 4) is 68.3 Å². The van der Waals surface area contributed by atoms with Crippen LogP contribution >= 0.6 is 125 Å². The molecule has 0 radical (unpaired) electrons.